The van der Waals surface area contributed by atoms with Crippen molar-refractivity contribution < 1.29 is 4.79 Å². The SMILES string of the molecule is O=NCC(=O)Nc1ccccc1Br. The second kappa shape index (κ2) is 4.71. The molecule has 68 valence electrons. The number of rotatable bonds is 3. The molecule has 0 aliphatic carbocycles. The molecule has 1 rings (SSSR count). The van der Waals surface area contributed by atoms with Gasteiger partial charge in [0.15, 0.2) is 6.54 Å². The van der Waals surface area contributed by atoms with Crippen molar-refractivity contribution in [2.75, 3.05) is 11.9 Å². The van der Waals surface area contributed by atoms with Crippen molar-refractivity contribution >= 4 is 27.5 Å². The highest BCUT2D eigenvalue weighted by atomic mass is 79.9. The molecule has 4 nitrogen and oxygen atoms in total. The van der Waals surface area contributed by atoms with Crippen LogP contribution in [0.3, 0.4) is 0 Å². The molecule has 0 saturated heterocycles. The lowest BCUT2D eigenvalue weighted by Crippen LogP contribution is -2.14. The van der Waals surface area contributed by atoms with Crippen LogP contribution in [-0.2, 0) is 4.79 Å². The second-order valence-electron chi connectivity index (χ2n) is 2.32. The highest BCUT2D eigenvalue weighted by Crippen LogP contribution is 2.20. The Morgan fingerprint density at radius 1 is 1.46 bits per heavy atom. The zero-order chi connectivity index (χ0) is 9.68. The van der Waals surface area contributed by atoms with E-state index in [1.165, 1.54) is 0 Å². The van der Waals surface area contributed by atoms with Gasteiger partial charge in [-0.15, -0.1) is 0 Å². The van der Waals surface area contributed by atoms with E-state index in [0.29, 0.717) is 5.69 Å². The average Bonchev–Trinajstić information content (AvgIpc) is 2.09. The molecule has 5 heteroatoms. The summed E-state index contributed by atoms with van der Waals surface area (Å²) in [5.41, 5.74) is 0.635. The Hall–Kier alpha value is -1.23. The van der Waals surface area contributed by atoms with Crippen molar-refractivity contribution in [2.45, 2.75) is 0 Å². The third-order valence-corrected chi connectivity index (χ3v) is 2.05. The Bertz CT molecular complexity index is 328. The molecule has 0 aliphatic rings. The molecule has 0 radical (unpaired) electrons. The standard InChI is InChI=1S/C8H7BrN2O2/c9-6-3-1-2-4-7(6)11-8(12)5-10-13/h1-4H,5H2,(H,11,12). The molecule has 0 fully saturated rings. The summed E-state index contributed by atoms with van der Waals surface area (Å²) in [4.78, 5) is 20.7. The van der Waals surface area contributed by atoms with E-state index in [2.05, 4.69) is 26.4 Å². The van der Waals surface area contributed by atoms with Crippen molar-refractivity contribution in [2.24, 2.45) is 5.18 Å². The molecule has 0 saturated carbocycles. The summed E-state index contributed by atoms with van der Waals surface area (Å²) in [6.45, 7) is -0.360. The summed E-state index contributed by atoms with van der Waals surface area (Å²) in [6.07, 6.45) is 0. The van der Waals surface area contributed by atoms with Crippen LogP contribution >= 0.6 is 15.9 Å². The van der Waals surface area contributed by atoms with E-state index in [1.54, 1.807) is 18.2 Å². The van der Waals surface area contributed by atoms with Crippen molar-refractivity contribution in [3.63, 3.8) is 0 Å². The molecule has 0 spiro atoms. The molecule has 13 heavy (non-hydrogen) atoms. The molecular formula is C8H7BrN2O2. The van der Waals surface area contributed by atoms with Gasteiger partial charge in [0.05, 0.1) is 5.69 Å². The first-order valence-corrected chi connectivity index (χ1v) is 4.37. The van der Waals surface area contributed by atoms with Crippen LogP contribution in [-0.4, -0.2) is 12.5 Å². The predicted octanol–water partition coefficient (Wildman–Crippen LogP) is 2.15. The van der Waals surface area contributed by atoms with Gasteiger partial charge < -0.3 is 5.32 Å². The minimum absolute atomic E-state index is 0.360. The highest BCUT2D eigenvalue weighted by Gasteiger charge is 2.03. The third-order valence-electron chi connectivity index (χ3n) is 1.36. The zero-order valence-corrected chi connectivity index (χ0v) is 8.24. The van der Waals surface area contributed by atoms with E-state index in [4.69, 9.17) is 0 Å². The van der Waals surface area contributed by atoms with Crippen LogP contribution in [0.25, 0.3) is 0 Å². The van der Waals surface area contributed by atoms with Crippen LogP contribution in [0.1, 0.15) is 0 Å². The summed E-state index contributed by atoms with van der Waals surface area (Å²) in [5, 5.41) is 5.02. The van der Waals surface area contributed by atoms with Crippen LogP contribution in [0, 0.1) is 4.91 Å². The first kappa shape index (κ1) is 9.85. The minimum Gasteiger partial charge on any atom is -0.323 e. The molecular weight excluding hydrogens is 236 g/mol. The lowest BCUT2D eigenvalue weighted by atomic mass is 10.3. The Kier molecular flexibility index (Phi) is 3.57. The number of carbonyl (C=O) groups excluding carboxylic acids is 1. The smallest absolute Gasteiger partial charge is 0.249 e. The molecule has 0 aromatic heterocycles. The van der Waals surface area contributed by atoms with Crippen LogP contribution in [0.4, 0.5) is 5.69 Å². The van der Waals surface area contributed by atoms with E-state index in [0.717, 1.165) is 4.47 Å². The maximum atomic E-state index is 10.9. The van der Waals surface area contributed by atoms with E-state index >= 15 is 0 Å². The number of carbonyl (C=O) groups is 1. The van der Waals surface area contributed by atoms with Crippen molar-refractivity contribution in [3.05, 3.63) is 33.6 Å². The fourth-order valence-electron chi connectivity index (χ4n) is 0.811. The van der Waals surface area contributed by atoms with Gasteiger partial charge >= 0.3 is 0 Å². The first-order chi connectivity index (χ1) is 6.24. The average molecular weight is 243 g/mol. The van der Waals surface area contributed by atoms with Gasteiger partial charge in [-0.05, 0) is 28.1 Å². The fraction of sp³-hybridized carbons (Fsp3) is 0.125. The number of nitrogens with one attached hydrogen (secondary N) is 1. The molecule has 0 aliphatic heterocycles. The van der Waals surface area contributed by atoms with Crippen molar-refractivity contribution in [3.8, 4) is 0 Å². The Labute approximate surface area is 83.4 Å². The summed E-state index contributed by atoms with van der Waals surface area (Å²) >= 11 is 3.25. The maximum absolute atomic E-state index is 10.9. The number of amides is 1. The van der Waals surface area contributed by atoms with Crippen molar-refractivity contribution in [1.82, 2.24) is 0 Å². The van der Waals surface area contributed by atoms with E-state index in [-0.39, 0.29) is 6.54 Å². The summed E-state index contributed by atoms with van der Waals surface area (Å²) in [5.74, 6) is -0.415. The zero-order valence-electron chi connectivity index (χ0n) is 6.66. The number of hydrogen-bond acceptors (Lipinski definition) is 3. The van der Waals surface area contributed by atoms with Gasteiger partial charge in [0.25, 0.3) is 0 Å². The minimum atomic E-state index is -0.415. The Balaban J connectivity index is 2.68. The van der Waals surface area contributed by atoms with Gasteiger partial charge in [-0.2, -0.15) is 4.91 Å². The van der Waals surface area contributed by atoms with Crippen LogP contribution < -0.4 is 5.32 Å². The summed E-state index contributed by atoms with van der Waals surface area (Å²) < 4.78 is 0.772. The van der Waals surface area contributed by atoms with Gasteiger partial charge in [-0.3, -0.25) is 4.79 Å². The summed E-state index contributed by atoms with van der Waals surface area (Å²) in [6, 6.07) is 7.14. The number of hydrogen-bond donors (Lipinski definition) is 1. The quantitative estimate of drug-likeness (QED) is 0.827. The topological polar surface area (TPSA) is 58.5 Å². The number of nitroso groups, excluding NO2 is 1. The van der Waals surface area contributed by atoms with Gasteiger partial charge in [-0.25, -0.2) is 0 Å². The third kappa shape index (κ3) is 2.95. The van der Waals surface area contributed by atoms with Gasteiger partial charge in [0, 0.05) is 4.47 Å². The largest absolute Gasteiger partial charge is 0.323 e. The maximum Gasteiger partial charge on any atom is 0.249 e. The lowest BCUT2D eigenvalue weighted by Gasteiger charge is -2.03. The fourth-order valence-corrected chi connectivity index (χ4v) is 1.19. The number of para-hydroxylation sites is 1. The van der Waals surface area contributed by atoms with E-state index in [9.17, 15) is 9.70 Å². The number of benzene rings is 1. The molecule has 1 N–H and O–H groups in total. The van der Waals surface area contributed by atoms with E-state index in [1.807, 2.05) is 6.07 Å². The molecule has 1 aromatic carbocycles. The van der Waals surface area contributed by atoms with Crippen molar-refractivity contribution in [1.29, 1.82) is 0 Å². The lowest BCUT2D eigenvalue weighted by molar-refractivity contribution is -0.114. The molecule has 1 aromatic rings. The van der Waals surface area contributed by atoms with Gasteiger partial charge in [0.1, 0.15) is 0 Å². The number of nitrogens with zero attached hydrogens (tertiary/aromatic N) is 1. The highest BCUT2D eigenvalue weighted by molar-refractivity contribution is 9.10. The summed E-state index contributed by atoms with van der Waals surface area (Å²) in [7, 11) is 0. The molecule has 0 atom stereocenters. The normalized spacial score (nSPS) is 9.31. The molecule has 0 bridgehead atoms. The second-order valence-corrected chi connectivity index (χ2v) is 3.17. The predicted molar refractivity (Wildman–Crippen MR) is 53.4 cm³/mol. The van der Waals surface area contributed by atoms with Crippen LogP contribution in [0.5, 0.6) is 0 Å². The van der Waals surface area contributed by atoms with E-state index < -0.39 is 5.91 Å². The molecule has 0 unspecified atom stereocenters. The first-order valence-electron chi connectivity index (χ1n) is 3.57. The number of halogens is 1. The monoisotopic (exact) mass is 242 g/mol. The van der Waals surface area contributed by atoms with Gasteiger partial charge in [-0.1, -0.05) is 17.3 Å². The molecule has 1 amide bonds. The Morgan fingerprint density at radius 2 is 2.15 bits per heavy atom. The Morgan fingerprint density at radius 3 is 2.77 bits per heavy atom. The van der Waals surface area contributed by atoms with Crippen LogP contribution in [0.15, 0.2) is 33.9 Å². The van der Waals surface area contributed by atoms with Gasteiger partial charge in [0.2, 0.25) is 5.91 Å². The molecule has 0 heterocycles. The number of anilines is 1. The van der Waals surface area contributed by atoms with Crippen LogP contribution in [0.2, 0.25) is 0 Å².